The standard InChI is InChI=1S/C21H26N4O6/c1-11(2)17(22)21(30)31-10-9-24-15(26)8-7-14(19(24)28)25-18(27)12-5-4-6-13(23-3)16(12)20(25)29/h4-6,11,14,17,23H,7-10,22H2,1-3H3/t14?,17-/m0/s1. The lowest BCUT2D eigenvalue weighted by Gasteiger charge is -2.34. The van der Waals surface area contributed by atoms with Gasteiger partial charge in [-0.05, 0) is 24.5 Å². The average molecular weight is 430 g/mol. The first-order chi connectivity index (χ1) is 14.7. The molecule has 0 spiro atoms. The highest BCUT2D eigenvalue weighted by Crippen LogP contribution is 2.33. The molecule has 2 aliphatic heterocycles. The van der Waals surface area contributed by atoms with Gasteiger partial charge in [-0.1, -0.05) is 19.9 Å². The molecule has 0 aromatic heterocycles. The third kappa shape index (κ3) is 4.02. The van der Waals surface area contributed by atoms with E-state index in [1.807, 2.05) is 0 Å². The summed E-state index contributed by atoms with van der Waals surface area (Å²) in [6.07, 6.45) is 0.0364. The van der Waals surface area contributed by atoms with Crippen molar-refractivity contribution in [3.05, 3.63) is 29.3 Å². The van der Waals surface area contributed by atoms with Crippen molar-refractivity contribution in [2.24, 2.45) is 11.7 Å². The molecule has 1 aromatic carbocycles. The zero-order valence-corrected chi connectivity index (χ0v) is 17.7. The molecule has 3 rings (SSSR count). The van der Waals surface area contributed by atoms with Gasteiger partial charge in [0.15, 0.2) is 0 Å². The summed E-state index contributed by atoms with van der Waals surface area (Å²) >= 11 is 0. The lowest BCUT2D eigenvalue weighted by Crippen LogP contribution is -2.56. The Kier molecular flexibility index (Phi) is 6.40. The quantitative estimate of drug-likeness (QED) is 0.467. The van der Waals surface area contributed by atoms with E-state index in [-0.39, 0.29) is 43.0 Å². The number of nitrogens with zero attached hydrogens (tertiary/aromatic N) is 2. The Bertz CT molecular complexity index is 944. The van der Waals surface area contributed by atoms with Crippen LogP contribution in [0.15, 0.2) is 18.2 Å². The maximum absolute atomic E-state index is 13.0. The number of nitrogens with one attached hydrogen (secondary N) is 1. The lowest BCUT2D eigenvalue weighted by atomic mass is 10.0. The Labute approximate surface area is 179 Å². The number of amides is 4. The van der Waals surface area contributed by atoms with E-state index in [1.165, 1.54) is 6.07 Å². The van der Waals surface area contributed by atoms with E-state index in [1.54, 1.807) is 33.0 Å². The molecule has 10 heteroatoms. The van der Waals surface area contributed by atoms with Gasteiger partial charge >= 0.3 is 5.97 Å². The Hall–Kier alpha value is -3.27. The molecule has 0 saturated carbocycles. The molecule has 1 aromatic rings. The second kappa shape index (κ2) is 8.84. The molecule has 1 unspecified atom stereocenters. The highest BCUT2D eigenvalue weighted by Gasteiger charge is 2.47. The fourth-order valence-electron chi connectivity index (χ4n) is 3.70. The first kappa shape index (κ1) is 22.4. The fourth-order valence-corrected chi connectivity index (χ4v) is 3.70. The van der Waals surface area contributed by atoms with Crippen LogP contribution in [0.4, 0.5) is 5.69 Å². The molecule has 2 aliphatic rings. The van der Waals surface area contributed by atoms with Gasteiger partial charge < -0.3 is 15.8 Å². The van der Waals surface area contributed by atoms with E-state index in [4.69, 9.17) is 10.5 Å². The first-order valence-corrected chi connectivity index (χ1v) is 10.1. The van der Waals surface area contributed by atoms with Gasteiger partial charge in [0.2, 0.25) is 5.91 Å². The second-order valence-corrected chi connectivity index (χ2v) is 7.83. The van der Waals surface area contributed by atoms with Crippen LogP contribution in [0.2, 0.25) is 0 Å². The van der Waals surface area contributed by atoms with Crippen LogP contribution in [-0.4, -0.2) is 71.7 Å². The molecule has 4 amide bonds. The minimum Gasteiger partial charge on any atom is -0.463 e. The maximum Gasteiger partial charge on any atom is 0.323 e. The molecule has 166 valence electrons. The number of fused-ring (bicyclic) bond motifs is 1. The number of hydrogen-bond donors (Lipinski definition) is 2. The zero-order chi connectivity index (χ0) is 22.9. The number of ether oxygens (including phenoxy) is 1. The monoisotopic (exact) mass is 430 g/mol. The smallest absolute Gasteiger partial charge is 0.323 e. The summed E-state index contributed by atoms with van der Waals surface area (Å²) in [7, 11) is 1.63. The van der Waals surface area contributed by atoms with E-state index in [9.17, 15) is 24.0 Å². The maximum atomic E-state index is 13.0. The summed E-state index contributed by atoms with van der Waals surface area (Å²) in [6.45, 7) is 3.16. The average Bonchev–Trinajstić information content (AvgIpc) is 3.00. The summed E-state index contributed by atoms with van der Waals surface area (Å²) in [5.74, 6) is -3.00. The van der Waals surface area contributed by atoms with Gasteiger partial charge in [0.05, 0.1) is 17.7 Å². The number of hydrogen-bond acceptors (Lipinski definition) is 8. The zero-order valence-electron chi connectivity index (χ0n) is 17.7. The predicted molar refractivity (Wildman–Crippen MR) is 110 cm³/mol. The van der Waals surface area contributed by atoms with Crippen LogP contribution in [0, 0.1) is 5.92 Å². The Morgan fingerprint density at radius 3 is 2.58 bits per heavy atom. The van der Waals surface area contributed by atoms with Crippen LogP contribution in [0.1, 0.15) is 47.4 Å². The van der Waals surface area contributed by atoms with Gasteiger partial charge in [-0.3, -0.25) is 33.8 Å². The van der Waals surface area contributed by atoms with Gasteiger partial charge in [0.1, 0.15) is 18.7 Å². The van der Waals surface area contributed by atoms with Crippen LogP contribution in [0.3, 0.4) is 0 Å². The molecular weight excluding hydrogens is 404 g/mol. The molecule has 2 atom stereocenters. The highest BCUT2D eigenvalue weighted by molar-refractivity contribution is 6.25. The van der Waals surface area contributed by atoms with E-state index >= 15 is 0 Å². The van der Waals surface area contributed by atoms with Crippen LogP contribution in [0.5, 0.6) is 0 Å². The molecule has 0 bridgehead atoms. The van der Waals surface area contributed by atoms with Crippen molar-refractivity contribution in [1.82, 2.24) is 9.80 Å². The number of likely N-dealkylation sites (tertiary alicyclic amines) is 1. The molecule has 1 fully saturated rings. The van der Waals surface area contributed by atoms with E-state index < -0.39 is 41.7 Å². The van der Waals surface area contributed by atoms with Crippen LogP contribution in [-0.2, 0) is 19.1 Å². The van der Waals surface area contributed by atoms with E-state index in [0.717, 1.165) is 9.80 Å². The third-order valence-electron chi connectivity index (χ3n) is 5.56. The van der Waals surface area contributed by atoms with E-state index in [0.29, 0.717) is 5.69 Å². The number of rotatable bonds is 7. The van der Waals surface area contributed by atoms with Crippen LogP contribution >= 0.6 is 0 Å². The van der Waals surface area contributed by atoms with Crippen molar-refractivity contribution < 1.29 is 28.7 Å². The van der Waals surface area contributed by atoms with E-state index in [2.05, 4.69) is 5.32 Å². The second-order valence-electron chi connectivity index (χ2n) is 7.83. The first-order valence-electron chi connectivity index (χ1n) is 10.1. The topological polar surface area (TPSA) is 139 Å². The highest BCUT2D eigenvalue weighted by atomic mass is 16.5. The van der Waals surface area contributed by atoms with Crippen molar-refractivity contribution >= 4 is 35.3 Å². The molecule has 0 aliphatic carbocycles. The van der Waals surface area contributed by atoms with Gasteiger partial charge in [0, 0.05) is 19.2 Å². The number of carbonyl (C=O) groups is 5. The number of benzene rings is 1. The molecule has 10 nitrogen and oxygen atoms in total. The lowest BCUT2D eigenvalue weighted by molar-refractivity contribution is -0.156. The summed E-state index contributed by atoms with van der Waals surface area (Å²) in [4.78, 5) is 65.0. The number of carbonyl (C=O) groups excluding carboxylic acids is 5. The largest absolute Gasteiger partial charge is 0.463 e. The summed E-state index contributed by atoms with van der Waals surface area (Å²) < 4.78 is 5.08. The molecule has 1 saturated heterocycles. The van der Waals surface area contributed by atoms with Crippen molar-refractivity contribution in [1.29, 1.82) is 0 Å². The molecule has 0 radical (unpaired) electrons. The minimum absolute atomic E-state index is 0.0118. The number of imide groups is 2. The van der Waals surface area contributed by atoms with Crippen LogP contribution in [0.25, 0.3) is 0 Å². The van der Waals surface area contributed by atoms with Crippen molar-refractivity contribution in [3.63, 3.8) is 0 Å². The number of nitrogens with two attached hydrogens (primary N) is 1. The summed E-state index contributed by atoms with van der Waals surface area (Å²) in [5, 5.41) is 2.88. The fraction of sp³-hybridized carbons (Fsp3) is 0.476. The summed E-state index contributed by atoms with van der Waals surface area (Å²) in [5.41, 5.74) is 6.64. The van der Waals surface area contributed by atoms with Gasteiger partial charge in [-0.2, -0.15) is 0 Å². The van der Waals surface area contributed by atoms with Gasteiger partial charge in [-0.15, -0.1) is 0 Å². The Morgan fingerprint density at radius 1 is 1.23 bits per heavy atom. The molecule has 3 N–H and O–H groups in total. The SMILES string of the molecule is CNc1cccc2c1C(=O)N(C1CCC(=O)N(CCOC(=O)[C@@H](N)C(C)C)C1=O)C2=O. The Morgan fingerprint density at radius 2 is 1.94 bits per heavy atom. The molecular formula is C21H26N4O6. The normalized spacial score (nSPS) is 19.7. The van der Waals surface area contributed by atoms with Crippen molar-refractivity contribution in [3.8, 4) is 0 Å². The molecule has 2 heterocycles. The third-order valence-corrected chi connectivity index (χ3v) is 5.56. The minimum atomic E-state index is -1.09. The Balaban J connectivity index is 1.73. The number of piperidine rings is 1. The molecule has 31 heavy (non-hydrogen) atoms. The van der Waals surface area contributed by atoms with Gasteiger partial charge in [0.25, 0.3) is 17.7 Å². The summed E-state index contributed by atoms with van der Waals surface area (Å²) in [6, 6.07) is 2.95. The van der Waals surface area contributed by atoms with Crippen LogP contribution < -0.4 is 11.1 Å². The predicted octanol–water partition coefficient (Wildman–Crippen LogP) is 0.368. The van der Waals surface area contributed by atoms with Crippen molar-refractivity contribution in [2.75, 3.05) is 25.5 Å². The number of anilines is 1. The van der Waals surface area contributed by atoms with Crippen molar-refractivity contribution in [2.45, 2.75) is 38.8 Å². The number of esters is 1. The van der Waals surface area contributed by atoms with Gasteiger partial charge in [-0.25, -0.2) is 0 Å².